The molecule has 0 radical (unpaired) electrons. The van der Waals surface area contributed by atoms with Crippen LogP contribution in [0.5, 0.6) is 23.0 Å². The molecule has 0 heterocycles. The molecule has 8 aromatic rings. The average molecular weight is 775 g/mol. The third kappa shape index (κ3) is 7.33. The summed E-state index contributed by atoms with van der Waals surface area (Å²) in [5.74, 6) is 1.77. The maximum absolute atomic E-state index is 10.8. The van der Waals surface area contributed by atoms with Crippen molar-refractivity contribution >= 4 is 0 Å². The van der Waals surface area contributed by atoms with Crippen molar-refractivity contribution in [2.24, 2.45) is 0 Å². The number of hydrogen-bond donors (Lipinski definition) is 2. The molecule has 292 valence electrons. The fraction of sp³-hybridized carbons (Fsp3) is 0.111. The highest BCUT2D eigenvalue weighted by Gasteiger charge is 2.52. The Balaban J connectivity index is 1.53. The molecule has 0 aliphatic heterocycles. The highest BCUT2D eigenvalue weighted by atomic mass is 16.5. The van der Waals surface area contributed by atoms with Gasteiger partial charge in [0, 0.05) is 0 Å². The van der Waals surface area contributed by atoms with Gasteiger partial charge in [0.05, 0.1) is 25.0 Å². The second-order valence-electron chi connectivity index (χ2n) is 14.6. The number of phenols is 2. The van der Waals surface area contributed by atoms with Crippen LogP contribution < -0.4 is 9.47 Å². The lowest BCUT2D eigenvalue weighted by molar-refractivity contribution is -0.0641. The summed E-state index contributed by atoms with van der Waals surface area (Å²) < 4.78 is 19.7. The van der Waals surface area contributed by atoms with E-state index in [1.165, 1.54) is 0 Å². The van der Waals surface area contributed by atoms with Gasteiger partial charge in [-0.05, 0) is 93.0 Å². The quantitative estimate of drug-likeness (QED) is 0.108. The van der Waals surface area contributed by atoms with E-state index in [-0.39, 0.29) is 11.5 Å². The molecule has 0 fully saturated rings. The van der Waals surface area contributed by atoms with Gasteiger partial charge >= 0.3 is 0 Å². The van der Waals surface area contributed by atoms with Crippen LogP contribution in [0, 0.1) is 0 Å². The molecule has 8 aromatic carbocycles. The van der Waals surface area contributed by atoms with Crippen molar-refractivity contribution in [1.82, 2.24) is 0 Å². The van der Waals surface area contributed by atoms with Crippen molar-refractivity contribution in [2.45, 2.75) is 23.0 Å². The summed E-state index contributed by atoms with van der Waals surface area (Å²) in [5.41, 5.74) is 5.71. The van der Waals surface area contributed by atoms with Crippen LogP contribution in [-0.2, 0) is 15.6 Å². The van der Waals surface area contributed by atoms with Crippen LogP contribution in [-0.4, -0.2) is 24.4 Å². The summed E-state index contributed by atoms with van der Waals surface area (Å²) in [6.45, 7) is 0. The van der Waals surface area contributed by atoms with Gasteiger partial charge in [0.1, 0.15) is 35.2 Å². The number of aromatic hydroxyl groups is 2. The first-order valence-electron chi connectivity index (χ1n) is 19.7. The van der Waals surface area contributed by atoms with E-state index in [2.05, 4.69) is 121 Å². The first-order chi connectivity index (χ1) is 29.0. The number of benzene rings is 8. The van der Waals surface area contributed by atoms with Gasteiger partial charge < -0.3 is 24.4 Å². The SMILES string of the molecule is COc1ccc(C(c2ccccc2)(c2ccccc2)C(OC(c2ccc(O)cc2)C(c2ccccc2)(c2ccccc2)c2ccc(OC)cc2)c2ccc(O)cc2)cc1. The predicted molar refractivity (Wildman–Crippen MR) is 234 cm³/mol. The molecule has 2 unspecified atom stereocenters. The summed E-state index contributed by atoms with van der Waals surface area (Å²) in [6, 6.07) is 73.1. The van der Waals surface area contributed by atoms with Crippen LogP contribution in [0.2, 0.25) is 0 Å². The zero-order chi connectivity index (χ0) is 40.7. The normalized spacial score (nSPS) is 12.6. The minimum absolute atomic E-state index is 0.151. The van der Waals surface area contributed by atoms with Crippen molar-refractivity contribution in [1.29, 1.82) is 0 Å². The highest BCUT2D eigenvalue weighted by Crippen LogP contribution is 2.57. The van der Waals surface area contributed by atoms with Crippen LogP contribution in [0.25, 0.3) is 0 Å². The van der Waals surface area contributed by atoms with E-state index in [1.54, 1.807) is 38.5 Å². The molecular formula is C54H46O5. The van der Waals surface area contributed by atoms with Gasteiger partial charge in [0.15, 0.2) is 0 Å². The Morgan fingerprint density at radius 2 is 0.576 bits per heavy atom. The molecule has 0 aromatic heterocycles. The highest BCUT2D eigenvalue weighted by molar-refractivity contribution is 5.58. The molecule has 0 saturated heterocycles. The lowest BCUT2D eigenvalue weighted by atomic mass is 9.62. The molecule has 5 nitrogen and oxygen atoms in total. The maximum atomic E-state index is 10.8. The summed E-state index contributed by atoms with van der Waals surface area (Å²) in [7, 11) is 3.35. The van der Waals surface area contributed by atoms with Crippen LogP contribution in [0.1, 0.15) is 56.7 Å². The van der Waals surface area contributed by atoms with Gasteiger partial charge in [-0.15, -0.1) is 0 Å². The third-order valence-electron chi connectivity index (χ3n) is 11.5. The van der Waals surface area contributed by atoms with Crippen molar-refractivity contribution in [2.75, 3.05) is 14.2 Å². The standard InChI is InChI=1S/C54H46O5/c1-57-49-35-27-45(28-36-49)53(41-15-7-3-8-16-41,42-17-9-4-10-18-42)51(39-23-31-47(55)32-24-39)59-52(40-25-33-48(56)34-26-40)54(43-19-11-5-12-20-43,44-21-13-6-14-22-44)46-29-37-50(58-2)38-30-46/h3-38,51-52,55-56H,1-2H3. The Kier molecular flexibility index (Phi) is 11.3. The van der Waals surface area contributed by atoms with Gasteiger partial charge in [-0.1, -0.05) is 170 Å². The smallest absolute Gasteiger partial charge is 0.118 e. The largest absolute Gasteiger partial charge is 0.508 e. The Morgan fingerprint density at radius 1 is 0.322 bits per heavy atom. The second-order valence-corrected chi connectivity index (χ2v) is 14.6. The minimum atomic E-state index is -0.986. The Bertz CT molecular complexity index is 2260. The van der Waals surface area contributed by atoms with E-state index in [9.17, 15) is 10.2 Å². The molecule has 0 aliphatic carbocycles. The summed E-state index contributed by atoms with van der Waals surface area (Å²) >= 11 is 0. The minimum Gasteiger partial charge on any atom is -0.508 e. The van der Waals surface area contributed by atoms with Crippen LogP contribution >= 0.6 is 0 Å². The number of ether oxygens (including phenoxy) is 3. The fourth-order valence-corrected chi connectivity index (χ4v) is 8.72. The maximum Gasteiger partial charge on any atom is 0.118 e. The first kappa shape index (κ1) is 38.8. The topological polar surface area (TPSA) is 68.2 Å². The van der Waals surface area contributed by atoms with Gasteiger partial charge in [0.25, 0.3) is 0 Å². The molecule has 8 rings (SSSR count). The monoisotopic (exact) mass is 774 g/mol. The molecule has 0 amide bonds. The molecule has 0 bridgehead atoms. The molecule has 0 saturated carbocycles. The van der Waals surface area contributed by atoms with Gasteiger partial charge in [-0.3, -0.25) is 0 Å². The number of hydrogen-bond acceptors (Lipinski definition) is 5. The molecule has 2 N–H and O–H groups in total. The van der Waals surface area contributed by atoms with Gasteiger partial charge in [-0.2, -0.15) is 0 Å². The molecule has 59 heavy (non-hydrogen) atoms. The van der Waals surface area contributed by atoms with E-state index in [4.69, 9.17) is 14.2 Å². The molecule has 2 atom stereocenters. The van der Waals surface area contributed by atoms with Crippen LogP contribution in [0.4, 0.5) is 0 Å². The molecular weight excluding hydrogens is 729 g/mol. The number of methoxy groups -OCH3 is 2. The summed E-state index contributed by atoms with van der Waals surface area (Å²) in [5, 5.41) is 21.5. The Hall–Kier alpha value is -7.08. The van der Waals surface area contributed by atoms with E-state index >= 15 is 0 Å². The van der Waals surface area contributed by atoms with E-state index in [0.717, 1.165) is 56.0 Å². The van der Waals surface area contributed by atoms with Crippen LogP contribution in [0.15, 0.2) is 218 Å². The lowest BCUT2D eigenvalue weighted by Crippen LogP contribution is -2.43. The zero-order valence-corrected chi connectivity index (χ0v) is 33.1. The molecule has 5 heteroatoms. The van der Waals surface area contributed by atoms with Crippen molar-refractivity contribution < 1.29 is 24.4 Å². The third-order valence-corrected chi connectivity index (χ3v) is 11.5. The van der Waals surface area contributed by atoms with Crippen molar-refractivity contribution in [3.05, 3.63) is 263 Å². The van der Waals surface area contributed by atoms with E-state index < -0.39 is 23.0 Å². The Labute approximate surface area is 346 Å². The summed E-state index contributed by atoms with van der Waals surface area (Å²) in [6.07, 6.45) is -1.49. The van der Waals surface area contributed by atoms with E-state index in [1.807, 2.05) is 72.8 Å². The van der Waals surface area contributed by atoms with Gasteiger partial charge in [-0.25, -0.2) is 0 Å². The molecule has 0 spiro atoms. The number of rotatable bonds is 14. The summed E-state index contributed by atoms with van der Waals surface area (Å²) in [4.78, 5) is 0. The Morgan fingerprint density at radius 3 is 0.831 bits per heavy atom. The first-order valence-corrected chi connectivity index (χ1v) is 19.7. The predicted octanol–water partition coefficient (Wildman–Crippen LogP) is 12.0. The zero-order valence-electron chi connectivity index (χ0n) is 33.1. The van der Waals surface area contributed by atoms with Gasteiger partial charge in [0.2, 0.25) is 0 Å². The van der Waals surface area contributed by atoms with Crippen molar-refractivity contribution in [3.63, 3.8) is 0 Å². The van der Waals surface area contributed by atoms with Crippen LogP contribution in [0.3, 0.4) is 0 Å². The molecule has 0 aliphatic rings. The van der Waals surface area contributed by atoms with Crippen molar-refractivity contribution in [3.8, 4) is 23.0 Å². The number of phenolic OH excluding ortho intramolecular Hbond substituents is 2. The second kappa shape index (κ2) is 17.2. The van der Waals surface area contributed by atoms with E-state index in [0.29, 0.717) is 0 Å². The fourth-order valence-electron chi connectivity index (χ4n) is 8.72. The average Bonchev–Trinajstić information content (AvgIpc) is 3.31. The lowest BCUT2D eigenvalue weighted by Gasteiger charge is -2.49.